The summed E-state index contributed by atoms with van der Waals surface area (Å²) in [5.41, 5.74) is -0.488. The summed E-state index contributed by atoms with van der Waals surface area (Å²) in [5, 5.41) is -0.517. The molecule has 1 heterocycles. The van der Waals surface area contributed by atoms with Crippen LogP contribution in [-0.4, -0.2) is 4.98 Å². The van der Waals surface area contributed by atoms with Crippen LogP contribution in [0, 0.1) is 5.95 Å². The third kappa shape index (κ3) is 1.90. The minimum Gasteiger partial charge on any atom is -0.207 e. The maximum absolute atomic E-state index is 12.4. The molecule has 0 spiro atoms. The van der Waals surface area contributed by atoms with Crippen molar-refractivity contribution in [3.05, 3.63) is 27.2 Å². The minimum atomic E-state index is -2.76. The van der Waals surface area contributed by atoms with E-state index in [9.17, 15) is 13.2 Å². The SMILES string of the molecule is Fc1cc(Br)c(C(F)F)c(Cl)n1. The Morgan fingerprint density at radius 1 is 1.50 bits per heavy atom. The first kappa shape index (κ1) is 9.80. The lowest BCUT2D eigenvalue weighted by molar-refractivity contribution is 0.150. The van der Waals surface area contributed by atoms with Crippen LogP contribution in [0.3, 0.4) is 0 Å². The number of rotatable bonds is 1. The molecule has 0 radical (unpaired) electrons. The molecule has 6 heteroatoms. The Bertz CT molecular complexity index is 282. The third-order valence-corrected chi connectivity index (χ3v) is 2.09. The lowest BCUT2D eigenvalue weighted by Gasteiger charge is -2.04. The van der Waals surface area contributed by atoms with E-state index in [0.29, 0.717) is 0 Å². The zero-order valence-electron chi connectivity index (χ0n) is 5.49. The molecule has 0 aromatic carbocycles. The topological polar surface area (TPSA) is 12.9 Å². The predicted molar refractivity (Wildman–Crippen MR) is 41.9 cm³/mol. The van der Waals surface area contributed by atoms with E-state index in [-0.39, 0.29) is 4.47 Å². The van der Waals surface area contributed by atoms with Crippen molar-refractivity contribution in [1.82, 2.24) is 4.98 Å². The number of hydrogen-bond acceptors (Lipinski definition) is 1. The smallest absolute Gasteiger partial charge is 0.207 e. The molecular formula is C6H2BrClF3N. The molecule has 0 bridgehead atoms. The Morgan fingerprint density at radius 3 is 2.50 bits per heavy atom. The molecule has 0 atom stereocenters. The summed E-state index contributed by atoms with van der Waals surface area (Å²) in [4.78, 5) is 3.04. The van der Waals surface area contributed by atoms with Crippen molar-refractivity contribution in [3.63, 3.8) is 0 Å². The second kappa shape index (κ2) is 3.62. The molecule has 1 nitrogen and oxygen atoms in total. The van der Waals surface area contributed by atoms with Gasteiger partial charge in [-0.15, -0.1) is 0 Å². The Kier molecular flexibility index (Phi) is 2.95. The largest absolute Gasteiger partial charge is 0.267 e. The second-order valence-electron chi connectivity index (χ2n) is 1.93. The molecule has 66 valence electrons. The summed E-state index contributed by atoms with van der Waals surface area (Å²) in [7, 11) is 0. The van der Waals surface area contributed by atoms with Gasteiger partial charge in [0.2, 0.25) is 5.95 Å². The molecule has 0 unspecified atom stereocenters. The molecule has 0 aliphatic rings. The first-order valence-electron chi connectivity index (χ1n) is 2.82. The van der Waals surface area contributed by atoms with Crippen molar-refractivity contribution in [1.29, 1.82) is 0 Å². The molecule has 12 heavy (non-hydrogen) atoms. The highest BCUT2D eigenvalue weighted by atomic mass is 79.9. The highest BCUT2D eigenvalue weighted by molar-refractivity contribution is 9.10. The predicted octanol–water partition coefficient (Wildman–Crippen LogP) is 3.57. The van der Waals surface area contributed by atoms with Gasteiger partial charge < -0.3 is 0 Å². The maximum atomic E-state index is 12.4. The van der Waals surface area contributed by atoms with Gasteiger partial charge in [0.05, 0.1) is 5.56 Å². The Labute approximate surface area is 79.7 Å². The van der Waals surface area contributed by atoms with E-state index in [2.05, 4.69) is 20.9 Å². The standard InChI is InChI=1S/C6H2BrClF3N/c7-2-1-3(9)12-5(8)4(2)6(10)11/h1,6H. The summed E-state index contributed by atoms with van der Waals surface area (Å²) in [5.74, 6) is -0.892. The number of alkyl halides is 2. The van der Waals surface area contributed by atoms with E-state index in [1.54, 1.807) is 0 Å². The average Bonchev–Trinajstić information content (AvgIpc) is 1.82. The molecule has 0 aliphatic heterocycles. The molecule has 0 fully saturated rings. The highest BCUT2D eigenvalue weighted by Crippen LogP contribution is 2.32. The summed E-state index contributed by atoms with van der Waals surface area (Å²) in [6.45, 7) is 0. The molecule has 0 amide bonds. The first-order valence-corrected chi connectivity index (χ1v) is 3.99. The van der Waals surface area contributed by atoms with Crippen LogP contribution in [-0.2, 0) is 0 Å². The fourth-order valence-electron chi connectivity index (χ4n) is 0.661. The summed E-state index contributed by atoms with van der Waals surface area (Å²) in [6, 6.07) is 0.841. The van der Waals surface area contributed by atoms with E-state index in [4.69, 9.17) is 11.6 Å². The summed E-state index contributed by atoms with van der Waals surface area (Å²) >= 11 is 8.02. The van der Waals surface area contributed by atoms with Crippen molar-refractivity contribution < 1.29 is 13.2 Å². The van der Waals surface area contributed by atoms with Crippen LogP contribution in [0.5, 0.6) is 0 Å². The number of pyridine rings is 1. The van der Waals surface area contributed by atoms with Gasteiger partial charge in [0.15, 0.2) is 0 Å². The number of nitrogens with zero attached hydrogens (tertiary/aromatic N) is 1. The lowest BCUT2D eigenvalue weighted by Crippen LogP contribution is -1.93. The molecule has 1 rings (SSSR count). The van der Waals surface area contributed by atoms with Crippen LogP contribution in [0.15, 0.2) is 10.5 Å². The average molecular weight is 260 g/mol. The molecule has 0 saturated carbocycles. The quantitative estimate of drug-likeness (QED) is 0.703. The molecule has 0 N–H and O–H groups in total. The van der Waals surface area contributed by atoms with Gasteiger partial charge in [0, 0.05) is 10.5 Å². The highest BCUT2D eigenvalue weighted by Gasteiger charge is 2.18. The van der Waals surface area contributed by atoms with Gasteiger partial charge in [-0.25, -0.2) is 13.8 Å². The number of halogens is 5. The van der Waals surface area contributed by atoms with Gasteiger partial charge in [0.1, 0.15) is 5.15 Å². The van der Waals surface area contributed by atoms with Crippen molar-refractivity contribution >= 4 is 27.5 Å². The zero-order chi connectivity index (χ0) is 9.30. The van der Waals surface area contributed by atoms with Crippen LogP contribution in [0.4, 0.5) is 13.2 Å². The van der Waals surface area contributed by atoms with E-state index in [0.717, 1.165) is 6.07 Å². The minimum absolute atomic E-state index is 0.0741. The van der Waals surface area contributed by atoms with Crippen LogP contribution < -0.4 is 0 Å². The van der Waals surface area contributed by atoms with Crippen LogP contribution in [0.1, 0.15) is 12.0 Å². The van der Waals surface area contributed by atoms with Crippen LogP contribution in [0.2, 0.25) is 5.15 Å². The maximum Gasteiger partial charge on any atom is 0.267 e. The van der Waals surface area contributed by atoms with Crippen molar-refractivity contribution in [2.24, 2.45) is 0 Å². The van der Waals surface area contributed by atoms with E-state index >= 15 is 0 Å². The fourth-order valence-corrected chi connectivity index (χ4v) is 1.59. The normalized spacial score (nSPS) is 10.8. The van der Waals surface area contributed by atoms with Crippen LogP contribution >= 0.6 is 27.5 Å². The van der Waals surface area contributed by atoms with Gasteiger partial charge in [0.25, 0.3) is 6.43 Å². The second-order valence-corrected chi connectivity index (χ2v) is 3.14. The molecule has 1 aromatic rings. The van der Waals surface area contributed by atoms with Gasteiger partial charge in [-0.1, -0.05) is 27.5 Å². The molecule has 0 aliphatic carbocycles. The van der Waals surface area contributed by atoms with E-state index < -0.39 is 23.1 Å². The van der Waals surface area contributed by atoms with Crippen LogP contribution in [0.25, 0.3) is 0 Å². The number of aromatic nitrogens is 1. The fraction of sp³-hybridized carbons (Fsp3) is 0.167. The molecule has 1 aromatic heterocycles. The van der Waals surface area contributed by atoms with Gasteiger partial charge in [-0.3, -0.25) is 0 Å². The molecule has 0 saturated heterocycles. The molecular weight excluding hydrogens is 258 g/mol. The van der Waals surface area contributed by atoms with Crippen molar-refractivity contribution in [2.75, 3.05) is 0 Å². The van der Waals surface area contributed by atoms with E-state index in [1.807, 2.05) is 0 Å². The van der Waals surface area contributed by atoms with Crippen molar-refractivity contribution in [2.45, 2.75) is 6.43 Å². The van der Waals surface area contributed by atoms with Gasteiger partial charge in [-0.2, -0.15) is 4.39 Å². The Hall–Kier alpha value is -0.290. The zero-order valence-corrected chi connectivity index (χ0v) is 7.83. The third-order valence-electron chi connectivity index (χ3n) is 1.15. The monoisotopic (exact) mass is 259 g/mol. The Balaban J connectivity index is 3.28. The number of hydrogen-bond donors (Lipinski definition) is 0. The van der Waals surface area contributed by atoms with Gasteiger partial charge in [-0.05, 0) is 0 Å². The first-order chi connectivity index (χ1) is 5.52. The van der Waals surface area contributed by atoms with Gasteiger partial charge >= 0.3 is 0 Å². The summed E-state index contributed by atoms with van der Waals surface area (Å²) in [6.07, 6.45) is -2.76. The Morgan fingerprint density at radius 2 is 2.08 bits per heavy atom. The van der Waals surface area contributed by atoms with Crippen molar-refractivity contribution in [3.8, 4) is 0 Å². The van der Waals surface area contributed by atoms with E-state index in [1.165, 1.54) is 0 Å². The summed E-state index contributed by atoms with van der Waals surface area (Å²) < 4.78 is 36.6. The lowest BCUT2D eigenvalue weighted by atomic mass is 10.3.